The number of carbonyl (C=O) groups excluding carboxylic acids is 2. The van der Waals surface area contributed by atoms with Crippen molar-refractivity contribution in [3.05, 3.63) is 36.3 Å². The van der Waals surface area contributed by atoms with E-state index in [1.807, 2.05) is 35.0 Å². The number of hydrogen-bond acceptors (Lipinski definition) is 5. The molecule has 23 heavy (non-hydrogen) atoms. The lowest BCUT2D eigenvalue weighted by molar-refractivity contribution is -0.135. The largest absolute Gasteiger partial charge is 0.460 e. The van der Waals surface area contributed by atoms with E-state index in [2.05, 4.69) is 10.1 Å². The second kappa shape index (κ2) is 6.07. The number of pyridine rings is 1. The van der Waals surface area contributed by atoms with Crippen LogP contribution in [0, 0.1) is 0 Å². The predicted molar refractivity (Wildman–Crippen MR) is 82.5 cm³/mol. The molecule has 2 aromatic rings. The van der Waals surface area contributed by atoms with Crippen molar-refractivity contribution in [2.45, 2.75) is 19.3 Å². The molecule has 8 heteroatoms. The Kier molecular flexibility index (Phi) is 3.96. The number of amidine groups is 1. The number of fused-ring (bicyclic) bond motifs is 1. The lowest BCUT2D eigenvalue weighted by Gasteiger charge is -2.10. The van der Waals surface area contributed by atoms with E-state index in [1.54, 1.807) is 6.92 Å². The highest BCUT2D eigenvalue weighted by Gasteiger charge is 2.35. The summed E-state index contributed by atoms with van der Waals surface area (Å²) in [7, 11) is 0. The zero-order valence-electron chi connectivity index (χ0n) is 12.7. The highest BCUT2D eigenvalue weighted by atomic mass is 16.5. The van der Waals surface area contributed by atoms with Crippen LogP contribution in [0.3, 0.4) is 0 Å². The molecule has 1 saturated heterocycles. The maximum absolute atomic E-state index is 12.5. The van der Waals surface area contributed by atoms with Crippen molar-refractivity contribution in [1.29, 1.82) is 0 Å². The summed E-state index contributed by atoms with van der Waals surface area (Å²) in [5.41, 5.74) is 7.02. The van der Waals surface area contributed by atoms with Gasteiger partial charge >= 0.3 is 5.97 Å². The standard InChI is InChI=1S/C15H17N5O3/c1-2-23-15(22)13(16)18-20-8-6-10(14(20)21)11-9-19-7-4-3-5-12(19)17-11/h3-5,7,9-10H,2,6,8H2,1H3,(H2,16,18). The Balaban J connectivity index is 1.78. The fourth-order valence-corrected chi connectivity index (χ4v) is 2.54. The van der Waals surface area contributed by atoms with Crippen LogP contribution in [0.15, 0.2) is 35.7 Å². The topological polar surface area (TPSA) is 102 Å². The summed E-state index contributed by atoms with van der Waals surface area (Å²) in [4.78, 5) is 28.4. The van der Waals surface area contributed by atoms with Gasteiger partial charge in [-0.15, -0.1) is 5.10 Å². The molecule has 1 aliphatic heterocycles. The van der Waals surface area contributed by atoms with Crippen molar-refractivity contribution in [2.24, 2.45) is 10.8 Å². The number of carbonyl (C=O) groups is 2. The first kappa shape index (κ1) is 15.0. The van der Waals surface area contributed by atoms with Crippen LogP contribution in [0.25, 0.3) is 5.65 Å². The second-order valence-electron chi connectivity index (χ2n) is 5.14. The molecule has 0 radical (unpaired) electrons. The minimum Gasteiger partial charge on any atom is -0.460 e. The van der Waals surface area contributed by atoms with E-state index >= 15 is 0 Å². The van der Waals surface area contributed by atoms with Gasteiger partial charge in [-0.25, -0.2) is 14.8 Å². The van der Waals surface area contributed by atoms with Crippen molar-refractivity contribution >= 4 is 23.4 Å². The van der Waals surface area contributed by atoms with E-state index in [-0.39, 0.29) is 24.3 Å². The van der Waals surface area contributed by atoms with Crippen LogP contribution in [0.4, 0.5) is 0 Å². The third-order valence-corrected chi connectivity index (χ3v) is 3.63. The number of ether oxygens (including phenoxy) is 1. The van der Waals surface area contributed by atoms with Crippen LogP contribution in [-0.2, 0) is 14.3 Å². The van der Waals surface area contributed by atoms with Crippen molar-refractivity contribution in [1.82, 2.24) is 14.4 Å². The lowest BCUT2D eigenvalue weighted by Crippen LogP contribution is -2.32. The van der Waals surface area contributed by atoms with Gasteiger partial charge in [0.2, 0.25) is 5.84 Å². The zero-order chi connectivity index (χ0) is 16.4. The Morgan fingerprint density at radius 1 is 1.52 bits per heavy atom. The SMILES string of the molecule is CCOC(=O)/C(N)=N/N1CCC(c2cn3ccccc3n2)C1=O. The Labute approximate surface area is 132 Å². The monoisotopic (exact) mass is 315 g/mol. The van der Waals surface area contributed by atoms with Gasteiger partial charge in [0.1, 0.15) is 5.65 Å². The predicted octanol–water partition coefficient (Wildman–Crippen LogP) is 0.485. The van der Waals surface area contributed by atoms with E-state index in [1.165, 1.54) is 5.01 Å². The fraction of sp³-hybridized carbons (Fsp3) is 0.333. The third kappa shape index (κ3) is 2.87. The van der Waals surface area contributed by atoms with Gasteiger partial charge in [-0.3, -0.25) is 4.79 Å². The Morgan fingerprint density at radius 3 is 3.09 bits per heavy atom. The normalized spacial score (nSPS) is 18.7. The van der Waals surface area contributed by atoms with E-state index in [0.29, 0.717) is 18.7 Å². The minimum absolute atomic E-state index is 0.201. The van der Waals surface area contributed by atoms with Crippen LogP contribution in [0.1, 0.15) is 25.0 Å². The molecule has 1 amide bonds. The minimum atomic E-state index is -0.725. The maximum Gasteiger partial charge on any atom is 0.375 e. The van der Waals surface area contributed by atoms with Gasteiger partial charge in [-0.1, -0.05) is 6.07 Å². The van der Waals surface area contributed by atoms with E-state index in [0.717, 1.165) is 5.65 Å². The molecule has 2 aromatic heterocycles. The molecule has 1 aliphatic rings. The highest BCUT2D eigenvalue weighted by Crippen LogP contribution is 2.28. The summed E-state index contributed by atoms with van der Waals surface area (Å²) in [6.45, 7) is 2.26. The molecule has 3 heterocycles. The van der Waals surface area contributed by atoms with E-state index in [4.69, 9.17) is 10.5 Å². The first-order valence-electron chi connectivity index (χ1n) is 7.36. The third-order valence-electron chi connectivity index (χ3n) is 3.63. The summed E-state index contributed by atoms with van der Waals surface area (Å²) in [5, 5.41) is 5.08. The molecule has 0 saturated carbocycles. The molecular weight excluding hydrogens is 298 g/mol. The molecule has 0 spiro atoms. The van der Waals surface area contributed by atoms with Crippen molar-refractivity contribution in [2.75, 3.05) is 13.2 Å². The second-order valence-corrected chi connectivity index (χ2v) is 5.14. The lowest BCUT2D eigenvalue weighted by atomic mass is 10.1. The molecule has 1 fully saturated rings. The average molecular weight is 315 g/mol. The fourth-order valence-electron chi connectivity index (χ4n) is 2.54. The quantitative estimate of drug-likeness (QED) is 0.504. The first-order valence-corrected chi connectivity index (χ1v) is 7.36. The van der Waals surface area contributed by atoms with Crippen molar-refractivity contribution in [3.63, 3.8) is 0 Å². The maximum atomic E-state index is 12.5. The smallest absolute Gasteiger partial charge is 0.375 e. The summed E-state index contributed by atoms with van der Waals surface area (Å²) < 4.78 is 6.61. The van der Waals surface area contributed by atoms with Crippen LogP contribution in [-0.4, -0.2) is 45.3 Å². The average Bonchev–Trinajstić information content (AvgIpc) is 3.11. The number of esters is 1. The highest BCUT2D eigenvalue weighted by molar-refractivity contribution is 6.34. The Morgan fingerprint density at radius 2 is 2.35 bits per heavy atom. The number of amides is 1. The number of rotatable bonds is 3. The summed E-state index contributed by atoms with van der Waals surface area (Å²) in [6.07, 6.45) is 4.28. The molecule has 8 nitrogen and oxygen atoms in total. The molecule has 120 valence electrons. The van der Waals surface area contributed by atoms with Gasteiger partial charge in [0, 0.05) is 18.9 Å². The summed E-state index contributed by atoms with van der Waals surface area (Å²) >= 11 is 0. The van der Waals surface area contributed by atoms with Gasteiger partial charge < -0.3 is 14.9 Å². The molecular formula is C15H17N5O3. The van der Waals surface area contributed by atoms with Crippen molar-refractivity contribution in [3.8, 4) is 0 Å². The van der Waals surface area contributed by atoms with Gasteiger partial charge in [0.15, 0.2) is 0 Å². The Bertz CT molecular complexity index is 749. The summed E-state index contributed by atoms with van der Waals surface area (Å²) in [6, 6.07) is 5.66. The number of imidazole rings is 1. The van der Waals surface area contributed by atoms with Gasteiger partial charge in [0.05, 0.1) is 18.2 Å². The molecule has 0 bridgehead atoms. The van der Waals surface area contributed by atoms with Gasteiger partial charge in [-0.2, -0.15) is 0 Å². The molecule has 2 N–H and O–H groups in total. The van der Waals surface area contributed by atoms with Crippen LogP contribution in [0.5, 0.6) is 0 Å². The van der Waals surface area contributed by atoms with Crippen LogP contribution < -0.4 is 5.73 Å². The first-order chi connectivity index (χ1) is 11.1. The number of aromatic nitrogens is 2. The van der Waals surface area contributed by atoms with Gasteiger partial charge in [0.25, 0.3) is 5.91 Å². The van der Waals surface area contributed by atoms with Crippen molar-refractivity contribution < 1.29 is 14.3 Å². The zero-order valence-corrected chi connectivity index (χ0v) is 12.7. The van der Waals surface area contributed by atoms with Crippen LogP contribution >= 0.6 is 0 Å². The Hall–Kier alpha value is -2.90. The summed E-state index contributed by atoms with van der Waals surface area (Å²) in [5.74, 6) is -1.65. The number of nitrogens with two attached hydrogens (primary N) is 1. The van der Waals surface area contributed by atoms with E-state index in [9.17, 15) is 9.59 Å². The number of hydrogen-bond donors (Lipinski definition) is 1. The molecule has 3 rings (SSSR count). The van der Waals surface area contributed by atoms with Gasteiger partial charge in [-0.05, 0) is 25.5 Å². The molecule has 0 aliphatic carbocycles. The van der Waals surface area contributed by atoms with E-state index < -0.39 is 5.97 Å². The van der Waals surface area contributed by atoms with Crippen LogP contribution in [0.2, 0.25) is 0 Å². The molecule has 0 aromatic carbocycles. The molecule has 1 unspecified atom stereocenters. The molecule has 1 atom stereocenters. The number of nitrogens with zero attached hydrogens (tertiary/aromatic N) is 4. The number of hydrazone groups is 1.